The number of aromatic nitrogens is 2. The van der Waals surface area contributed by atoms with E-state index in [9.17, 15) is 0 Å². The lowest BCUT2D eigenvalue weighted by Gasteiger charge is -2.37. The second kappa shape index (κ2) is 5.65. The first-order chi connectivity index (χ1) is 8.22. The summed E-state index contributed by atoms with van der Waals surface area (Å²) < 4.78 is 2.09. The van der Waals surface area contributed by atoms with E-state index in [1.807, 2.05) is 12.4 Å². The summed E-state index contributed by atoms with van der Waals surface area (Å²) in [6.45, 7) is 1.74. The SMILES string of the molecule is CN(Cc1nccn1C)C1CCCCC1CN. The molecule has 0 saturated heterocycles. The zero-order valence-electron chi connectivity index (χ0n) is 11.0. The Bertz CT molecular complexity index is 347. The summed E-state index contributed by atoms with van der Waals surface area (Å²) in [6.07, 6.45) is 9.12. The standard InChI is InChI=1S/C13H24N4/c1-16-8-7-15-13(16)10-17(2)12-6-4-3-5-11(12)9-14/h7-8,11-12H,3-6,9-10,14H2,1-2H3. The van der Waals surface area contributed by atoms with Crippen LogP contribution in [0, 0.1) is 5.92 Å². The molecular weight excluding hydrogens is 212 g/mol. The van der Waals surface area contributed by atoms with Gasteiger partial charge in [-0.05, 0) is 32.4 Å². The smallest absolute Gasteiger partial charge is 0.122 e. The number of imidazole rings is 1. The summed E-state index contributed by atoms with van der Waals surface area (Å²) in [5.74, 6) is 1.79. The van der Waals surface area contributed by atoms with Crippen LogP contribution < -0.4 is 5.73 Å². The van der Waals surface area contributed by atoms with Crippen LogP contribution in [0.15, 0.2) is 12.4 Å². The van der Waals surface area contributed by atoms with Gasteiger partial charge in [0.05, 0.1) is 6.54 Å². The van der Waals surface area contributed by atoms with Crippen LogP contribution in [0.2, 0.25) is 0 Å². The molecule has 0 aliphatic heterocycles. The Morgan fingerprint density at radius 1 is 1.47 bits per heavy atom. The Labute approximate surface area is 104 Å². The van der Waals surface area contributed by atoms with E-state index in [2.05, 4.69) is 28.5 Å². The summed E-state index contributed by atoms with van der Waals surface area (Å²) in [5.41, 5.74) is 5.89. The maximum Gasteiger partial charge on any atom is 0.122 e. The molecule has 2 N–H and O–H groups in total. The van der Waals surface area contributed by atoms with E-state index in [0.29, 0.717) is 12.0 Å². The Balaban J connectivity index is 1.98. The lowest BCUT2D eigenvalue weighted by Crippen LogP contribution is -2.43. The van der Waals surface area contributed by atoms with E-state index < -0.39 is 0 Å². The summed E-state index contributed by atoms with van der Waals surface area (Å²) >= 11 is 0. The second-order valence-electron chi connectivity index (χ2n) is 5.22. The monoisotopic (exact) mass is 236 g/mol. The van der Waals surface area contributed by atoms with Gasteiger partial charge in [0.15, 0.2) is 0 Å². The minimum Gasteiger partial charge on any atom is -0.337 e. The van der Waals surface area contributed by atoms with Crippen molar-refractivity contribution in [3.05, 3.63) is 18.2 Å². The summed E-state index contributed by atoms with van der Waals surface area (Å²) in [6, 6.07) is 0.630. The zero-order chi connectivity index (χ0) is 12.3. The van der Waals surface area contributed by atoms with Crippen LogP contribution in [0.3, 0.4) is 0 Å². The molecule has 2 atom stereocenters. The Hall–Kier alpha value is -0.870. The number of nitrogens with zero attached hydrogens (tertiary/aromatic N) is 3. The van der Waals surface area contributed by atoms with Crippen molar-refractivity contribution in [2.45, 2.75) is 38.3 Å². The minimum atomic E-state index is 0.630. The summed E-state index contributed by atoms with van der Waals surface area (Å²) in [4.78, 5) is 6.82. The fourth-order valence-electron chi connectivity index (χ4n) is 2.93. The van der Waals surface area contributed by atoms with Crippen molar-refractivity contribution in [3.8, 4) is 0 Å². The van der Waals surface area contributed by atoms with Gasteiger partial charge in [0.25, 0.3) is 0 Å². The minimum absolute atomic E-state index is 0.630. The number of rotatable bonds is 4. The van der Waals surface area contributed by atoms with Gasteiger partial charge in [0, 0.05) is 25.5 Å². The average molecular weight is 236 g/mol. The zero-order valence-corrected chi connectivity index (χ0v) is 11.0. The lowest BCUT2D eigenvalue weighted by atomic mass is 9.84. The summed E-state index contributed by atoms with van der Waals surface area (Å²) in [5, 5.41) is 0. The fraction of sp³-hybridized carbons (Fsp3) is 0.769. The molecule has 1 saturated carbocycles. The maximum absolute atomic E-state index is 5.89. The molecule has 1 aliphatic rings. The van der Waals surface area contributed by atoms with Gasteiger partial charge in [0.2, 0.25) is 0 Å². The molecular formula is C13H24N4. The van der Waals surface area contributed by atoms with E-state index in [1.54, 1.807) is 0 Å². The second-order valence-corrected chi connectivity index (χ2v) is 5.22. The molecule has 96 valence electrons. The van der Waals surface area contributed by atoms with Crippen molar-refractivity contribution < 1.29 is 0 Å². The number of hydrogen-bond donors (Lipinski definition) is 1. The summed E-state index contributed by atoms with van der Waals surface area (Å²) in [7, 11) is 4.25. The molecule has 2 unspecified atom stereocenters. The van der Waals surface area contributed by atoms with Gasteiger partial charge in [-0.1, -0.05) is 12.8 Å². The number of nitrogens with two attached hydrogens (primary N) is 1. The van der Waals surface area contributed by atoms with Crippen LogP contribution in [-0.2, 0) is 13.6 Å². The first-order valence-electron chi connectivity index (χ1n) is 6.59. The fourth-order valence-corrected chi connectivity index (χ4v) is 2.93. The quantitative estimate of drug-likeness (QED) is 0.859. The van der Waals surface area contributed by atoms with Crippen LogP contribution in [-0.4, -0.2) is 34.1 Å². The lowest BCUT2D eigenvalue weighted by molar-refractivity contribution is 0.124. The van der Waals surface area contributed by atoms with Gasteiger partial charge in [-0.15, -0.1) is 0 Å². The van der Waals surface area contributed by atoms with Crippen LogP contribution >= 0.6 is 0 Å². The first-order valence-corrected chi connectivity index (χ1v) is 6.59. The molecule has 1 aromatic heterocycles. The maximum atomic E-state index is 5.89. The average Bonchev–Trinajstić information content (AvgIpc) is 2.75. The molecule has 0 spiro atoms. The molecule has 17 heavy (non-hydrogen) atoms. The van der Waals surface area contributed by atoms with Crippen molar-refractivity contribution in [2.24, 2.45) is 18.7 Å². The van der Waals surface area contributed by atoms with Crippen molar-refractivity contribution in [1.29, 1.82) is 0 Å². The van der Waals surface area contributed by atoms with Crippen molar-refractivity contribution in [1.82, 2.24) is 14.5 Å². The van der Waals surface area contributed by atoms with Crippen LogP contribution in [0.4, 0.5) is 0 Å². The van der Waals surface area contributed by atoms with Crippen LogP contribution in [0.1, 0.15) is 31.5 Å². The largest absolute Gasteiger partial charge is 0.337 e. The number of aryl methyl sites for hydroxylation is 1. The van der Waals surface area contributed by atoms with E-state index in [1.165, 1.54) is 25.7 Å². The molecule has 4 heteroatoms. The van der Waals surface area contributed by atoms with E-state index in [0.717, 1.165) is 18.9 Å². The molecule has 1 fully saturated rings. The Kier molecular flexibility index (Phi) is 4.18. The third-order valence-corrected chi connectivity index (χ3v) is 4.05. The Morgan fingerprint density at radius 2 is 2.24 bits per heavy atom. The molecule has 4 nitrogen and oxygen atoms in total. The predicted molar refractivity (Wildman–Crippen MR) is 69.5 cm³/mol. The molecule has 0 bridgehead atoms. The van der Waals surface area contributed by atoms with Gasteiger partial charge in [-0.25, -0.2) is 4.98 Å². The molecule has 2 rings (SSSR count). The van der Waals surface area contributed by atoms with Crippen molar-refractivity contribution in [3.63, 3.8) is 0 Å². The highest BCUT2D eigenvalue weighted by Gasteiger charge is 2.27. The normalized spacial score (nSPS) is 25.4. The predicted octanol–water partition coefficient (Wildman–Crippen LogP) is 1.37. The van der Waals surface area contributed by atoms with Gasteiger partial charge in [0.1, 0.15) is 5.82 Å². The number of hydrogen-bond acceptors (Lipinski definition) is 3. The highest BCUT2D eigenvalue weighted by molar-refractivity contribution is 4.93. The molecule has 0 radical (unpaired) electrons. The molecule has 1 aliphatic carbocycles. The molecule has 1 heterocycles. The topological polar surface area (TPSA) is 47.1 Å². The van der Waals surface area contributed by atoms with Gasteiger partial charge in [-0.3, -0.25) is 4.90 Å². The van der Waals surface area contributed by atoms with Gasteiger partial charge >= 0.3 is 0 Å². The Morgan fingerprint density at radius 3 is 2.88 bits per heavy atom. The van der Waals surface area contributed by atoms with E-state index >= 15 is 0 Å². The van der Waals surface area contributed by atoms with Gasteiger partial charge in [-0.2, -0.15) is 0 Å². The highest BCUT2D eigenvalue weighted by Crippen LogP contribution is 2.27. The van der Waals surface area contributed by atoms with E-state index in [-0.39, 0.29) is 0 Å². The molecule has 1 aromatic rings. The van der Waals surface area contributed by atoms with E-state index in [4.69, 9.17) is 5.73 Å². The first kappa shape index (κ1) is 12.6. The van der Waals surface area contributed by atoms with Crippen molar-refractivity contribution in [2.75, 3.05) is 13.6 Å². The van der Waals surface area contributed by atoms with Crippen LogP contribution in [0.25, 0.3) is 0 Å². The highest BCUT2D eigenvalue weighted by atomic mass is 15.2. The van der Waals surface area contributed by atoms with Crippen LogP contribution in [0.5, 0.6) is 0 Å². The third-order valence-electron chi connectivity index (χ3n) is 4.05. The third kappa shape index (κ3) is 2.87. The molecule has 0 amide bonds. The molecule has 0 aromatic carbocycles. The van der Waals surface area contributed by atoms with Gasteiger partial charge < -0.3 is 10.3 Å². The van der Waals surface area contributed by atoms with Crippen molar-refractivity contribution >= 4 is 0 Å².